The lowest BCUT2D eigenvalue weighted by Gasteiger charge is -2.18. The second kappa shape index (κ2) is 45.6. The SMILES string of the molecule is CC/C=C\C/C=C\C/C=C\CCCCCCCCCCCC(=O)OCC(COC(=O)CCCCCCCCCCC)OC(=O)CCC/C=C\C/C=C\C/C=C\CC. The molecule has 0 aromatic rings. The maximum atomic E-state index is 12.7. The lowest BCUT2D eigenvalue weighted by atomic mass is 10.1. The first-order chi connectivity index (χ1) is 28.0. The van der Waals surface area contributed by atoms with Crippen LogP contribution in [-0.2, 0) is 28.6 Å². The van der Waals surface area contributed by atoms with Crippen LogP contribution in [0.25, 0.3) is 0 Å². The summed E-state index contributed by atoms with van der Waals surface area (Å²) in [6.07, 6.45) is 56.2. The van der Waals surface area contributed by atoms with Crippen molar-refractivity contribution >= 4 is 17.9 Å². The minimum Gasteiger partial charge on any atom is -0.462 e. The highest BCUT2D eigenvalue weighted by atomic mass is 16.6. The van der Waals surface area contributed by atoms with Crippen molar-refractivity contribution in [3.63, 3.8) is 0 Å². The molecule has 0 saturated carbocycles. The van der Waals surface area contributed by atoms with Crippen LogP contribution in [0.15, 0.2) is 72.9 Å². The molecule has 0 fully saturated rings. The van der Waals surface area contributed by atoms with E-state index >= 15 is 0 Å². The number of hydrogen-bond acceptors (Lipinski definition) is 6. The molecule has 1 atom stereocenters. The molecule has 0 aliphatic carbocycles. The normalized spacial score (nSPS) is 12.7. The zero-order chi connectivity index (χ0) is 41.5. The van der Waals surface area contributed by atoms with Gasteiger partial charge in [-0.05, 0) is 77.0 Å². The van der Waals surface area contributed by atoms with Crippen LogP contribution in [0.4, 0.5) is 0 Å². The van der Waals surface area contributed by atoms with E-state index in [0.717, 1.165) is 83.5 Å². The van der Waals surface area contributed by atoms with Gasteiger partial charge in [-0.1, -0.05) is 190 Å². The van der Waals surface area contributed by atoms with Crippen LogP contribution >= 0.6 is 0 Å². The lowest BCUT2D eigenvalue weighted by molar-refractivity contribution is -0.167. The Morgan fingerprint density at radius 2 is 0.702 bits per heavy atom. The third kappa shape index (κ3) is 43.8. The Morgan fingerprint density at radius 1 is 0.368 bits per heavy atom. The molecule has 0 heterocycles. The van der Waals surface area contributed by atoms with Crippen molar-refractivity contribution in [3.05, 3.63) is 72.9 Å². The highest BCUT2D eigenvalue weighted by Crippen LogP contribution is 2.14. The van der Waals surface area contributed by atoms with Gasteiger partial charge >= 0.3 is 17.9 Å². The van der Waals surface area contributed by atoms with Crippen molar-refractivity contribution in [1.29, 1.82) is 0 Å². The highest BCUT2D eigenvalue weighted by molar-refractivity contribution is 5.71. The molecule has 0 N–H and O–H groups in total. The monoisotopic (exact) mass is 795 g/mol. The summed E-state index contributed by atoms with van der Waals surface area (Å²) in [5.41, 5.74) is 0. The summed E-state index contributed by atoms with van der Waals surface area (Å²) < 4.78 is 16.6. The van der Waals surface area contributed by atoms with Gasteiger partial charge in [0, 0.05) is 19.3 Å². The molecule has 0 bridgehead atoms. The largest absolute Gasteiger partial charge is 0.462 e. The summed E-state index contributed by atoms with van der Waals surface area (Å²) in [4.78, 5) is 37.7. The van der Waals surface area contributed by atoms with Crippen LogP contribution < -0.4 is 0 Å². The number of carbonyl (C=O) groups excluding carboxylic acids is 3. The molecular weight excluding hydrogens is 709 g/mol. The van der Waals surface area contributed by atoms with Crippen molar-refractivity contribution in [2.24, 2.45) is 0 Å². The van der Waals surface area contributed by atoms with E-state index in [1.54, 1.807) is 0 Å². The molecule has 1 unspecified atom stereocenters. The zero-order valence-corrected chi connectivity index (χ0v) is 37.1. The molecule has 0 aromatic heterocycles. The van der Waals surface area contributed by atoms with E-state index in [2.05, 4.69) is 93.7 Å². The van der Waals surface area contributed by atoms with E-state index in [4.69, 9.17) is 14.2 Å². The molecule has 6 nitrogen and oxygen atoms in total. The quantitative estimate of drug-likeness (QED) is 0.0265. The summed E-state index contributed by atoms with van der Waals surface area (Å²) in [7, 11) is 0. The smallest absolute Gasteiger partial charge is 0.306 e. The van der Waals surface area contributed by atoms with Crippen molar-refractivity contribution < 1.29 is 28.6 Å². The minimum atomic E-state index is -0.799. The van der Waals surface area contributed by atoms with Gasteiger partial charge in [0.1, 0.15) is 13.2 Å². The molecule has 326 valence electrons. The maximum Gasteiger partial charge on any atom is 0.306 e. The van der Waals surface area contributed by atoms with Crippen molar-refractivity contribution in [2.45, 2.75) is 219 Å². The van der Waals surface area contributed by atoms with E-state index < -0.39 is 6.10 Å². The van der Waals surface area contributed by atoms with Crippen LogP contribution in [-0.4, -0.2) is 37.2 Å². The third-order valence-corrected chi connectivity index (χ3v) is 9.71. The number of allylic oxidation sites excluding steroid dienone is 12. The molecule has 0 aliphatic rings. The first kappa shape index (κ1) is 53.9. The Labute approximate surface area is 351 Å². The zero-order valence-electron chi connectivity index (χ0n) is 37.1. The first-order valence-electron chi connectivity index (χ1n) is 23.4. The van der Waals surface area contributed by atoms with Gasteiger partial charge in [0.2, 0.25) is 0 Å². The summed E-state index contributed by atoms with van der Waals surface area (Å²) in [6, 6.07) is 0. The van der Waals surface area contributed by atoms with Gasteiger partial charge in [0.05, 0.1) is 0 Å². The van der Waals surface area contributed by atoms with Gasteiger partial charge in [-0.3, -0.25) is 14.4 Å². The van der Waals surface area contributed by atoms with Crippen molar-refractivity contribution in [3.8, 4) is 0 Å². The van der Waals surface area contributed by atoms with Gasteiger partial charge in [0.15, 0.2) is 6.10 Å². The maximum absolute atomic E-state index is 12.7. The Morgan fingerprint density at radius 3 is 1.12 bits per heavy atom. The fraction of sp³-hybridized carbons (Fsp3) is 0.706. The van der Waals surface area contributed by atoms with E-state index in [1.807, 2.05) is 0 Å². The molecule has 57 heavy (non-hydrogen) atoms. The fourth-order valence-corrected chi connectivity index (χ4v) is 6.24. The van der Waals surface area contributed by atoms with Crippen molar-refractivity contribution in [2.75, 3.05) is 13.2 Å². The van der Waals surface area contributed by atoms with E-state index in [-0.39, 0.29) is 37.5 Å². The molecule has 0 amide bonds. The van der Waals surface area contributed by atoms with Gasteiger partial charge in [0.25, 0.3) is 0 Å². The predicted molar refractivity (Wildman–Crippen MR) is 242 cm³/mol. The second-order valence-corrected chi connectivity index (χ2v) is 15.3. The van der Waals surface area contributed by atoms with Crippen LogP contribution in [0, 0.1) is 0 Å². The number of ether oxygens (including phenoxy) is 3. The van der Waals surface area contributed by atoms with Gasteiger partial charge < -0.3 is 14.2 Å². The molecule has 0 spiro atoms. The first-order valence-corrected chi connectivity index (χ1v) is 23.4. The van der Waals surface area contributed by atoms with E-state index in [0.29, 0.717) is 19.3 Å². The van der Waals surface area contributed by atoms with Gasteiger partial charge in [-0.2, -0.15) is 0 Å². The molecule has 0 rings (SSSR count). The molecule has 0 radical (unpaired) electrons. The van der Waals surface area contributed by atoms with Gasteiger partial charge in [-0.25, -0.2) is 0 Å². The average molecular weight is 795 g/mol. The molecular formula is C51H86O6. The second-order valence-electron chi connectivity index (χ2n) is 15.3. The Bertz CT molecular complexity index is 1100. The Kier molecular flexibility index (Phi) is 43.0. The topological polar surface area (TPSA) is 78.9 Å². The molecule has 0 aromatic carbocycles. The number of unbranched alkanes of at least 4 members (excludes halogenated alkanes) is 18. The summed E-state index contributed by atoms with van der Waals surface area (Å²) in [5, 5.41) is 0. The minimum absolute atomic E-state index is 0.0965. The van der Waals surface area contributed by atoms with Crippen LogP contribution in [0.2, 0.25) is 0 Å². The number of hydrogen-bond donors (Lipinski definition) is 0. The van der Waals surface area contributed by atoms with E-state index in [1.165, 1.54) is 83.5 Å². The van der Waals surface area contributed by atoms with E-state index in [9.17, 15) is 14.4 Å². The molecule has 0 saturated heterocycles. The third-order valence-electron chi connectivity index (χ3n) is 9.71. The molecule has 0 aliphatic heterocycles. The van der Waals surface area contributed by atoms with Crippen LogP contribution in [0.3, 0.4) is 0 Å². The Balaban J connectivity index is 4.34. The molecule has 6 heteroatoms. The van der Waals surface area contributed by atoms with Gasteiger partial charge in [-0.15, -0.1) is 0 Å². The number of carbonyl (C=O) groups is 3. The average Bonchev–Trinajstić information content (AvgIpc) is 3.21. The fourth-order valence-electron chi connectivity index (χ4n) is 6.24. The predicted octanol–water partition coefficient (Wildman–Crippen LogP) is 15.1. The number of rotatable bonds is 41. The van der Waals surface area contributed by atoms with Crippen molar-refractivity contribution in [1.82, 2.24) is 0 Å². The highest BCUT2D eigenvalue weighted by Gasteiger charge is 2.19. The Hall–Kier alpha value is -3.15. The summed E-state index contributed by atoms with van der Waals surface area (Å²) in [6.45, 7) is 6.32. The standard InChI is InChI=1S/C51H86O6/c1-4-7-10-13-16-19-21-22-23-24-25-26-27-28-30-32-35-38-41-44-50(53)56-47-48(46-55-49(52)43-40-37-34-31-18-15-12-9-6-3)57-51(54)45-42-39-36-33-29-20-17-14-11-8-5-2/h7-8,10-11,16-17,19-20,22-23,33,36,48H,4-6,9,12-15,18,21,24-32,34-35,37-47H2,1-3H3/b10-7-,11-8-,19-16-,20-17-,23-22-,36-33-. The lowest BCUT2D eigenvalue weighted by Crippen LogP contribution is -2.30. The summed E-state index contributed by atoms with van der Waals surface area (Å²) in [5.74, 6) is -0.964. The van der Waals surface area contributed by atoms with Crippen LogP contribution in [0.5, 0.6) is 0 Å². The number of esters is 3. The van der Waals surface area contributed by atoms with Crippen LogP contribution in [0.1, 0.15) is 213 Å². The summed E-state index contributed by atoms with van der Waals surface area (Å²) >= 11 is 0.